The molecule has 1 fully saturated rings. The molecule has 2 rings (SSSR count). The van der Waals surface area contributed by atoms with Crippen molar-refractivity contribution in [2.75, 3.05) is 13.6 Å². The number of likely N-dealkylation sites (tertiary alicyclic amines) is 1. The molecule has 1 unspecified atom stereocenters. The van der Waals surface area contributed by atoms with E-state index in [-0.39, 0.29) is 10.8 Å². The van der Waals surface area contributed by atoms with E-state index in [2.05, 4.69) is 5.10 Å². The molecule has 0 aromatic carbocycles. The topological polar surface area (TPSA) is 72.3 Å². The SMILES string of the molecule is Cc1nn(C2CCN(C)C2=O)c(C)c1S(=O)(=O)Cl. The molecule has 0 N–H and O–H groups in total. The van der Waals surface area contributed by atoms with Crippen molar-refractivity contribution >= 4 is 25.6 Å². The van der Waals surface area contributed by atoms with Gasteiger partial charge in [0.1, 0.15) is 10.9 Å². The highest BCUT2D eigenvalue weighted by molar-refractivity contribution is 8.13. The maximum absolute atomic E-state index is 11.9. The van der Waals surface area contributed by atoms with Crippen molar-refractivity contribution < 1.29 is 13.2 Å². The van der Waals surface area contributed by atoms with Crippen molar-refractivity contribution in [2.24, 2.45) is 0 Å². The van der Waals surface area contributed by atoms with Crippen molar-refractivity contribution in [3.63, 3.8) is 0 Å². The average Bonchev–Trinajstić information content (AvgIpc) is 2.69. The largest absolute Gasteiger partial charge is 0.344 e. The van der Waals surface area contributed by atoms with Crippen LogP contribution in [0.2, 0.25) is 0 Å². The van der Waals surface area contributed by atoms with Crippen LogP contribution < -0.4 is 0 Å². The number of hydrogen-bond acceptors (Lipinski definition) is 4. The van der Waals surface area contributed by atoms with Gasteiger partial charge in [-0.15, -0.1) is 0 Å². The Morgan fingerprint density at radius 2 is 2.00 bits per heavy atom. The van der Waals surface area contributed by atoms with Crippen LogP contribution in [-0.2, 0) is 13.8 Å². The maximum atomic E-state index is 11.9. The molecule has 6 nitrogen and oxygen atoms in total. The first-order valence-corrected chi connectivity index (χ1v) is 7.79. The van der Waals surface area contributed by atoms with E-state index in [0.29, 0.717) is 24.4 Å². The van der Waals surface area contributed by atoms with E-state index in [1.807, 2.05) is 0 Å². The van der Waals surface area contributed by atoms with E-state index >= 15 is 0 Å². The molecule has 1 aromatic rings. The summed E-state index contributed by atoms with van der Waals surface area (Å²) < 4.78 is 24.4. The van der Waals surface area contributed by atoms with E-state index in [1.54, 1.807) is 25.8 Å². The molecule has 1 aromatic heterocycles. The fourth-order valence-electron chi connectivity index (χ4n) is 2.34. The number of hydrogen-bond donors (Lipinski definition) is 0. The zero-order valence-corrected chi connectivity index (χ0v) is 11.9. The first-order chi connectivity index (χ1) is 8.23. The summed E-state index contributed by atoms with van der Waals surface area (Å²) >= 11 is 0. The van der Waals surface area contributed by atoms with Gasteiger partial charge in [-0.05, 0) is 20.3 Å². The van der Waals surface area contributed by atoms with E-state index in [9.17, 15) is 13.2 Å². The summed E-state index contributed by atoms with van der Waals surface area (Å²) in [5.74, 6) is -0.0564. The van der Waals surface area contributed by atoms with Gasteiger partial charge in [0.2, 0.25) is 5.91 Å². The van der Waals surface area contributed by atoms with Crippen LogP contribution in [0.4, 0.5) is 0 Å². The molecule has 1 atom stereocenters. The Balaban J connectivity index is 2.52. The third-order valence-corrected chi connectivity index (χ3v) is 4.74. The van der Waals surface area contributed by atoms with Gasteiger partial charge in [-0.25, -0.2) is 8.42 Å². The Bertz CT molecular complexity index is 608. The molecule has 1 amide bonds. The van der Waals surface area contributed by atoms with Crippen molar-refractivity contribution in [2.45, 2.75) is 31.2 Å². The summed E-state index contributed by atoms with van der Waals surface area (Å²) in [5.41, 5.74) is 0.737. The van der Waals surface area contributed by atoms with Gasteiger partial charge in [0, 0.05) is 24.3 Å². The molecule has 0 saturated carbocycles. The van der Waals surface area contributed by atoms with Gasteiger partial charge in [0.05, 0.1) is 11.4 Å². The smallest absolute Gasteiger partial charge is 0.264 e. The molecule has 100 valence electrons. The lowest BCUT2D eigenvalue weighted by atomic mass is 10.2. The minimum absolute atomic E-state index is 0.00604. The molecule has 0 bridgehead atoms. The summed E-state index contributed by atoms with van der Waals surface area (Å²) in [5, 5.41) is 4.15. The quantitative estimate of drug-likeness (QED) is 0.757. The number of halogens is 1. The Hall–Kier alpha value is -1.08. The van der Waals surface area contributed by atoms with Gasteiger partial charge in [-0.2, -0.15) is 5.10 Å². The number of aromatic nitrogens is 2. The van der Waals surface area contributed by atoms with E-state index in [0.717, 1.165) is 0 Å². The van der Waals surface area contributed by atoms with Crippen LogP contribution in [0.5, 0.6) is 0 Å². The van der Waals surface area contributed by atoms with Crippen LogP contribution in [-0.4, -0.2) is 42.6 Å². The van der Waals surface area contributed by atoms with Gasteiger partial charge >= 0.3 is 0 Å². The van der Waals surface area contributed by atoms with Crippen molar-refractivity contribution in [3.05, 3.63) is 11.4 Å². The molecule has 0 spiro atoms. The van der Waals surface area contributed by atoms with Gasteiger partial charge in [-0.1, -0.05) is 0 Å². The third-order valence-electron chi connectivity index (χ3n) is 3.20. The summed E-state index contributed by atoms with van der Waals surface area (Å²) in [6.45, 7) is 3.83. The number of likely N-dealkylation sites (N-methyl/N-ethyl adjacent to an activating group) is 1. The highest BCUT2D eigenvalue weighted by atomic mass is 35.7. The van der Waals surface area contributed by atoms with Gasteiger partial charge < -0.3 is 4.90 Å². The second kappa shape index (κ2) is 4.24. The molecular weight excluding hydrogens is 278 g/mol. The molecule has 1 aliphatic heterocycles. The first kappa shape index (κ1) is 13.4. The fraction of sp³-hybridized carbons (Fsp3) is 0.600. The van der Waals surface area contributed by atoms with Crippen LogP contribution in [0.3, 0.4) is 0 Å². The lowest BCUT2D eigenvalue weighted by Crippen LogP contribution is -2.25. The molecular formula is C10H14ClN3O3S. The fourth-order valence-corrected chi connectivity index (χ4v) is 3.85. The lowest BCUT2D eigenvalue weighted by Gasteiger charge is -2.12. The van der Waals surface area contributed by atoms with Crippen LogP contribution in [0, 0.1) is 13.8 Å². The zero-order valence-electron chi connectivity index (χ0n) is 10.3. The second-order valence-corrected chi connectivity index (χ2v) is 6.95. The van der Waals surface area contributed by atoms with Crippen molar-refractivity contribution in [3.8, 4) is 0 Å². The summed E-state index contributed by atoms with van der Waals surface area (Å²) in [6.07, 6.45) is 0.624. The predicted molar refractivity (Wildman–Crippen MR) is 66.0 cm³/mol. The molecule has 0 aliphatic carbocycles. The molecule has 8 heteroatoms. The standard InChI is InChI=1S/C10H14ClN3O3S/c1-6-9(18(11,16)17)7(2)14(12-6)8-4-5-13(3)10(8)15/h8H,4-5H2,1-3H3. The summed E-state index contributed by atoms with van der Waals surface area (Å²) in [4.78, 5) is 13.5. The van der Waals surface area contributed by atoms with Gasteiger partial charge in [0.15, 0.2) is 0 Å². The monoisotopic (exact) mass is 291 g/mol. The van der Waals surface area contributed by atoms with E-state index < -0.39 is 15.1 Å². The highest BCUT2D eigenvalue weighted by Gasteiger charge is 2.34. The molecule has 1 aliphatic rings. The Kier molecular flexibility index (Phi) is 3.14. The average molecular weight is 292 g/mol. The van der Waals surface area contributed by atoms with Crippen LogP contribution in [0.15, 0.2) is 4.90 Å². The third kappa shape index (κ3) is 2.01. The molecule has 0 radical (unpaired) electrons. The predicted octanol–water partition coefficient (Wildman–Crippen LogP) is 0.831. The molecule has 2 heterocycles. The van der Waals surface area contributed by atoms with Crippen molar-refractivity contribution in [1.82, 2.24) is 14.7 Å². The van der Waals surface area contributed by atoms with Gasteiger partial charge in [-0.3, -0.25) is 9.48 Å². The minimum Gasteiger partial charge on any atom is -0.344 e. The number of carbonyl (C=O) groups excluding carboxylic acids is 1. The minimum atomic E-state index is -3.84. The Morgan fingerprint density at radius 1 is 1.39 bits per heavy atom. The van der Waals surface area contributed by atoms with Crippen LogP contribution in [0.25, 0.3) is 0 Å². The molecule has 18 heavy (non-hydrogen) atoms. The number of aryl methyl sites for hydroxylation is 1. The van der Waals surface area contributed by atoms with Crippen LogP contribution >= 0.6 is 10.7 Å². The highest BCUT2D eigenvalue weighted by Crippen LogP contribution is 2.29. The molecule has 1 saturated heterocycles. The van der Waals surface area contributed by atoms with Crippen LogP contribution in [0.1, 0.15) is 23.9 Å². The van der Waals surface area contributed by atoms with E-state index in [4.69, 9.17) is 10.7 Å². The first-order valence-electron chi connectivity index (χ1n) is 5.49. The maximum Gasteiger partial charge on any atom is 0.264 e. The number of nitrogens with zero attached hydrogens (tertiary/aromatic N) is 3. The number of amides is 1. The summed E-state index contributed by atoms with van der Waals surface area (Å²) in [6, 6.07) is -0.430. The Morgan fingerprint density at radius 3 is 2.39 bits per heavy atom. The van der Waals surface area contributed by atoms with E-state index in [1.165, 1.54) is 4.68 Å². The summed E-state index contributed by atoms with van der Waals surface area (Å²) in [7, 11) is 3.25. The number of carbonyl (C=O) groups is 1. The Labute approximate surface area is 110 Å². The van der Waals surface area contributed by atoms with Crippen molar-refractivity contribution in [1.29, 1.82) is 0 Å². The lowest BCUT2D eigenvalue weighted by molar-refractivity contribution is -0.129. The zero-order chi connectivity index (χ0) is 13.7. The second-order valence-electron chi connectivity index (χ2n) is 4.45. The van der Waals surface area contributed by atoms with Gasteiger partial charge in [0.25, 0.3) is 9.05 Å². The number of rotatable bonds is 2. The normalized spacial score (nSPS) is 20.8.